The Morgan fingerprint density at radius 1 is 1.15 bits per heavy atom. The fourth-order valence-corrected chi connectivity index (χ4v) is 4.59. The van der Waals surface area contributed by atoms with Gasteiger partial charge in [0.1, 0.15) is 30.4 Å². The average Bonchev–Trinajstić information content (AvgIpc) is 3.61. The summed E-state index contributed by atoms with van der Waals surface area (Å²) in [4.78, 5) is 3.49. The maximum Gasteiger partial charge on any atom is 0.128 e. The maximum atomic E-state index is 10.7. The molecule has 2 heterocycles. The third-order valence-corrected chi connectivity index (χ3v) is 6.61. The summed E-state index contributed by atoms with van der Waals surface area (Å²) in [5, 5.41) is 25.2. The van der Waals surface area contributed by atoms with Crippen LogP contribution in [0.4, 0.5) is 0 Å². The van der Waals surface area contributed by atoms with Gasteiger partial charge in [-0.1, -0.05) is 65.8 Å². The molecule has 0 radical (unpaired) electrons. The van der Waals surface area contributed by atoms with Gasteiger partial charge < -0.3 is 29.8 Å². The molecule has 2 aromatic carbocycles. The van der Waals surface area contributed by atoms with Crippen molar-refractivity contribution in [1.82, 2.24) is 15.5 Å². The fourth-order valence-electron chi connectivity index (χ4n) is 4.59. The minimum absolute atomic E-state index is 0.164. The van der Waals surface area contributed by atoms with E-state index in [-0.39, 0.29) is 12.1 Å². The zero-order valence-electron chi connectivity index (χ0n) is 24.1. The van der Waals surface area contributed by atoms with Crippen LogP contribution >= 0.6 is 0 Å². The van der Waals surface area contributed by atoms with Crippen molar-refractivity contribution >= 4 is 5.57 Å². The largest absolute Gasteiger partial charge is 0.490 e. The van der Waals surface area contributed by atoms with Crippen molar-refractivity contribution in [1.29, 1.82) is 0 Å². The smallest absolute Gasteiger partial charge is 0.128 e. The highest BCUT2D eigenvalue weighted by Crippen LogP contribution is 2.30. The van der Waals surface area contributed by atoms with E-state index in [4.69, 9.17) is 14.4 Å². The second-order valence-corrected chi connectivity index (χ2v) is 10.3. The summed E-state index contributed by atoms with van der Waals surface area (Å²) >= 11 is 0. The number of β-amino-alcohol motifs (C(OH)–C–C–N with tert-alkyl or cyclic N) is 1. The summed E-state index contributed by atoms with van der Waals surface area (Å²) in [6, 6.07) is 17.9. The van der Waals surface area contributed by atoms with E-state index in [9.17, 15) is 5.11 Å². The van der Waals surface area contributed by atoms with Crippen LogP contribution in [0, 0.1) is 13.8 Å². The number of nitrogens with one attached hydrogen (secondary N) is 2. The summed E-state index contributed by atoms with van der Waals surface area (Å²) in [5.74, 6) is 0.659. The van der Waals surface area contributed by atoms with Crippen LogP contribution < -0.4 is 10.1 Å². The molecule has 0 aliphatic carbocycles. The van der Waals surface area contributed by atoms with Gasteiger partial charge in [-0.25, -0.2) is 0 Å². The summed E-state index contributed by atoms with van der Waals surface area (Å²) in [7, 11) is 1.00. The van der Waals surface area contributed by atoms with Crippen molar-refractivity contribution in [2.45, 2.75) is 45.8 Å². The summed E-state index contributed by atoms with van der Waals surface area (Å²) < 4.78 is 10.9. The van der Waals surface area contributed by atoms with Gasteiger partial charge in [0.15, 0.2) is 0 Å². The Morgan fingerprint density at radius 2 is 1.93 bits per heavy atom. The summed E-state index contributed by atoms with van der Waals surface area (Å²) in [6.45, 7) is 13.0. The van der Waals surface area contributed by atoms with Crippen molar-refractivity contribution in [2.75, 3.05) is 20.3 Å². The van der Waals surface area contributed by atoms with Crippen molar-refractivity contribution in [3.05, 3.63) is 114 Å². The highest BCUT2D eigenvalue weighted by molar-refractivity contribution is 5.81. The number of rotatable bonds is 12. The first-order valence-electron chi connectivity index (χ1n) is 13.3. The average molecular weight is 544 g/mol. The lowest BCUT2D eigenvalue weighted by Gasteiger charge is -2.28. The summed E-state index contributed by atoms with van der Waals surface area (Å²) in [6.07, 6.45) is 7.62. The fraction of sp³-hybridized carbons (Fsp3) is 0.303. The molecule has 212 valence electrons. The molecule has 4 N–H and O–H groups in total. The zero-order valence-corrected chi connectivity index (χ0v) is 24.1. The van der Waals surface area contributed by atoms with E-state index in [0.29, 0.717) is 18.0 Å². The van der Waals surface area contributed by atoms with E-state index in [2.05, 4.69) is 86.3 Å². The molecule has 1 unspecified atom stereocenters. The third-order valence-electron chi connectivity index (χ3n) is 6.61. The molecule has 40 heavy (non-hydrogen) atoms. The SMILES string of the molecule is C=C/C=C(/c1cccc(C)c1)c1[nH]cc(CC(C)(C)NCC(O)COc2ccccc2-c2ccon2)c1C.CO. The van der Waals surface area contributed by atoms with Crippen LogP contribution in [0.25, 0.3) is 16.8 Å². The highest BCUT2D eigenvalue weighted by Gasteiger charge is 2.23. The highest BCUT2D eigenvalue weighted by atomic mass is 16.5. The molecule has 7 nitrogen and oxygen atoms in total. The van der Waals surface area contributed by atoms with Crippen LogP contribution in [-0.2, 0) is 6.42 Å². The first-order chi connectivity index (χ1) is 19.3. The van der Waals surface area contributed by atoms with Crippen LogP contribution in [0.3, 0.4) is 0 Å². The molecule has 0 aliphatic rings. The van der Waals surface area contributed by atoms with Crippen molar-refractivity contribution in [2.24, 2.45) is 0 Å². The van der Waals surface area contributed by atoms with Gasteiger partial charge in [0.05, 0.1) is 0 Å². The molecule has 0 saturated heterocycles. The number of aliphatic hydroxyl groups excluding tert-OH is 2. The molecule has 0 saturated carbocycles. The van der Waals surface area contributed by atoms with Crippen molar-refractivity contribution in [3.63, 3.8) is 0 Å². The van der Waals surface area contributed by atoms with Gasteiger partial charge in [-0.2, -0.15) is 0 Å². The molecule has 0 fully saturated rings. The number of ether oxygens (including phenoxy) is 1. The Kier molecular flexibility index (Phi) is 11.1. The third kappa shape index (κ3) is 8.05. The van der Waals surface area contributed by atoms with Crippen LogP contribution in [0.1, 0.15) is 41.8 Å². The van der Waals surface area contributed by atoms with Crippen molar-refractivity contribution in [3.8, 4) is 17.0 Å². The molecular weight excluding hydrogens is 502 g/mol. The predicted molar refractivity (Wildman–Crippen MR) is 161 cm³/mol. The Morgan fingerprint density at radius 3 is 2.62 bits per heavy atom. The predicted octanol–water partition coefficient (Wildman–Crippen LogP) is 5.86. The number of allylic oxidation sites excluding steroid dienone is 2. The molecular formula is C33H41N3O4. The molecule has 2 aromatic heterocycles. The Bertz CT molecular complexity index is 1390. The van der Waals surface area contributed by atoms with E-state index >= 15 is 0 Å². The number of benzene rings is 2. The monoisotopic (exact) mass is 543 g/mol. The molecule has 0 bridgehead atoms. The summed E-state index contributed by atoms with van der Waals surface area (Å²) in [5.41, 5.74) is 8.33. The molecule has 4 aromatic rings. The lowest BCUT2D eigenvalue weighted by molar-refractivity contribution is 0.0991. The molecule has 1 atom stereocenters. The lowest BCUT2D eigenvalue weighted by Crippen LogP contribution is -2.46. The number of nitrogens with zero attached hydrogens (tertiary/aromatic N) is 1. The molecule has 0 spiro atoms. The van der Waals surface area contributed by atoms with Crippen molar-refractivity contribution < 1.29 is 19.5 Å². The number of aryl methyl sites for hydroxylation is 1. The lowest BCUT2D eigenvalue weighted by atomic mass is 9.92. The van der Waals surface area contributed by atoms with Gasteiger partial charge in [0.25, 0.3) is 0 Å². The topological polar surface area (TPSA) is 104 Å². The Hall–Kier alpha value is -3.91. The number of aromatic amines is 1. The van der Waals surface area contributed by atoms with E-state index < -0.39 is 6.10 Å². The number of aromatic nitrogens is 2. The van der Waals surface area contributed by atoms with Crippen LogP contribution in [0.5, 0.6) is 5.75 Å². The molecule has 0 aliphatic heterocycles. The number of H-pyrrole nitrogens is 1. The van der Waals surface area contributed by atoms with Crippen LogP contribution in [0.2, 0.25) is 0 Å². The normalized spacial score (nSPS) is 12.4. The van der Waals surface area contributed by atoms with Crippen LogP contribution in [-0.4, -0.2) is 52.3 Å². The number of para-hydroxylation sites is 1. The van der Waals surface area contributed by atoms with E-state index in [1.807, 2.05) is 30.3 Å². The van der Waals surface area contributed by atoms with Gasteiger partial charge in [0, 0.05) is 48.3 Å². The number of hydrogen-bond donors (Lipinski definition) is 4. The molecule has 4 rings (SSSR count). The maximum absolute atomic E-state index is 10.7. The quantitative estimate of drug-likeness (QED) is 0.167. The van der Waals surface area contributed by atoms with Crippen LogP contribution in [0.15, 0.2) is 90.3 Å². The van der Waals surface area contributed by atoms with Gasteiger partial charge in [-0.15, -0.1) is 0 Å². The van der Waals surface area contributed by atoms with Gasteiger partial charge in [-0.3, -0.25) is 0 Å². The van der Waals surface area contributed by atoms with E-state index in [1.54, 1.807) is 6.07 Å². The van der Waals surface area contributed by atoms with Gasteiger partial charge in [0.2, 0.25) is 0 Å². The second kappa shape index (κ2) is 14.5. The molecule has 7 heteroatoms. The Labute approximate surface area is 237 Å². The first kappa shape index (κ1) is 30.6. The second-order valence-electron chi connectivity index (χ2n) is 10.3. The minimum atomic E-state index is -0.675. The van der Waals surface area contributed by atoms with Gasteiger partial charge in [-0.05, 0) is 62.9 Å². The van der Waals surface area contributed by atoms with E-state index in [1.165, 1.54) is 23.0 Å². The number of aliphatic hydroxyl groups is 2. The van der Waals surface area contributed by atoms with Gasteiger partial charge >= 0.3 is 0 Å². The minimum Gasteiger partial charge on any atom is -0.490 e. The standard InChI is InChI=1S/C32H37N3O3.CH4O/c1-6-10-27(24-12-9-11-22(2)17-24)31-23(3)25(19-33-31)18-32(4,5)34-20-26(36)21-37-30-14-8-7-13-28(30)29-15-16-38-35-29;1-2/h6-17,19,26,33-34,36H,1,18,20-21H2,2-5H3;2H,1H3/b27-10-;. The number of hydrogen-bond acceptors (Lipinski definition) is 6. The first-order valence-corrected chi connectivity index (χ1v) is 13.3. The molecule has 0 amide bonds. The zero-order chi connectivity index (χ0) is 29.1. The van der Waals surface area contributed by atoms with E-state index in [0.717, 1.165) is 35.9 Å². The Balaban J connectivity index is 0.00000216.